The first-order valence-electron chi connectivity index (χ1n) is 9.08. The summed E-state index contributed by atoms with van der Waals surface area (Å²) in [4.78, 5) is 32.8. The first-order chi connectivity index (χ1) is 13.0. The summed E-state index contributed by atoms with van der Waals surface area (Å²) in [6.45, 7) is 5.13. The van der Waals surface area contributed by atoms with E-state index in [4.69, 9.17) is 5.73 Å². The second-order valence-corrected chi connectivity index (χ2v) is 8.10. The van der Waals surface area contributed by atoms with Crippen LogP contribution in [0.3, 0.4) is 0 Å². The van der Waals surface area contributed by atoms with E-state index in [2.05, 4.69) is 18.0 Å². The van der Waals surface area contributed by atoms with Gasteiger partial charge in [0, 0.05) is 42.5 Å². The number of carbonyl (C=O) groups excluding carboxylic acids is 2. The van der Waals surface area contributed by atoms with Crippen LogP contribution in [0.5, 0.6) is 0 Å². The van der Waals surface area contributed by atoms with Gasteiger partial charge in [0.1, 0.15) is 9.71 Å². The molecule has 0 aromatic carbocycles. The van der Waals surface area contributed by atoms with E-state index in [1.807, 2.05) is 40.9 Å². The molecule has 27 heavy (non-hydrogen) atoms. The van der Waals surface area contributed by atoms with Crippen LogP contribution in [0, 0.1) is 19.8 Å². The number of thiophene rings is 1. The third-order valence-electron chi connectivity index (χ3n) is 5.20. The Balaban J connectivity index is 1.77. The SMILES string of the molecule is Cc1cc(C)c2c(-n3cccc3)c(C(=O)N3CCC(C(N)=O)CC3)sc2n1. The Morgan fingerprint density at radius 3 is 2.48 bits per heavy atom. The topological polar surface area (TPSA) is 81.2 Å². The lowest BCUT2D eigenvalue weighted by molar-refractivity contribution is -0.123. The molecular formula is C20H22N4O2S. The van der Waals surface area contributed by atoms with Gasteiger partial charge in [-0.15, -0.1) is 11.3 Å². The predicted molar refractivity (Wildman–Crippen MR) is 106 cm³/mol. The molecule has 0 spiro atoms. The van der Waals surface area contributed by atoms with Crippen molar-refractivity contribution in [3.8, 4) is 5.69 Å². The minimum absolute atomic E-state index is 0.00155. The Morgan fingerprint density at radius 2 is 1.85 bits per heavy atom. The molecule has 4 rings (SSSR count). The number of nitrogens with two attached hydrogens (primary N) is 1. The predicted octanol–water partition coefficient (Wildman–Crippen LogP) is 3.04. The van der Waals surface area contributed by atoms with Crippen molar-refractivity contribution in [1.29, 1.82) is 0 Å². The minimum Gasteiger partial charge on any atom is -0.369 e. The van der Waals surface area contributed by atoms with Crippen LogP contribution in [0.1, 0.15) is 33.8 Å². The number of rotatable bonds is 3. The summed E-state index contributed by atoms with van der Waals surface area (Å²) in [7, 11) is 0. The highest BCUT2D eigenvalue weighted by atomic mass is 32.1. The number of aryl methyl sites for hydroxylation is 2. The molecule has 2 amide bonds. The van der Waals surface area contributed by atoms with Crippen molar-refractivity contribution in [3.05, 3.63) is 46.7 Å². The van der Waals surface area contributed by atoms with Crippen molar-refractivity contribution < 1.29 is 9.59 Å². The van der Waals surface area contributed by atoms with Crippen LogP contribution >= 0.6 is 11.3 Å². The molecule has 1 saturated heterocycles. The zero-order chi connectivity index (χ0) is 19.1. The maximum Gasteiger partial charge on any atom is 0.266 e. The third-order valence-corrected chi connectivity index (χ3v) is 6.26. The molecule has 0 bridgehead atoms. The molecule has 7 heteroatoms. The largest absolute Gasteiger partial charge is 0.369 e. The molecule has 1 aliphatic heterocycles. The fourth-order valence-corrected chi connectivity index (χ4v) is 5.07. The fraction of sp³-hybridized carbons (Fsp3) is 0.350. The van der Waals surface area contributed by atoms with Crippen LogP contribution in [-0.2, 0) is 4.79 Å². The van der Waals surface area contributed by atoms with E-state index in [1.165, 1.54) is 11.3 Å². The van der Waals surface area contributed by atoms with E-state index in [1.54, 1.807) is 0 Å². The number of likely N-dealkylation sites (tertiary alicyclic amines) is 1. The van der Waals surface area contributed by atoms with Gasteiger partial charge in [0.2, 0.25) is 5.91 Å². The number of carbonyl (C=O) groups is 2. The molecule has 3 aromatic heterocycles. The molecule has 0 aliphatic carbocycles. The van der Waals surface area contributed by atoms with E-state index in [0.29, 0.717) is 30.8 Å². The first kappa shape index (κ1) is 17.7. The van der Waals surface area contributed by atoms with E-state index < -0.39 is 0 Å². The molecule has 4 heterocycles. The lowest BCUT2D eigenvalue weighted by atomic mass is 9.96. The zero-order valence-corrected chi connectivity index (χ0v) is 16.3. The number of piperidine rings is 1. The van der Waals surface area contributed by atoms with Crippen LogP contribution in [0.2, 0.25) is 0 Å². The van der Waals surface area contributed by atoms with E-state index in [9.17, 15) is 9.59 Å². The molecule has 140 valence electrons. The number of primary amides is 1. The molecule has 6 nitrogen and oxygen atoms in total. The van der Waals surface area contributed by atoms with Gasteiger partial charge in [-0.25, -0.2) is 4.98 Å². The van der Waals surface area contributed by atoms with Crippen molar-refractivity contribution >= 4 is 33.4 Å². The van der Waals surface area contributed by atoms with Gasteiger partial charge in [0.05, 0.1) is 5.69 Å². The lowest BCUT2D eigenvalue weighted by Crippen LogP contribution is -2.41. The van der Waals surface area contributed by atoms with Gasteiger partial charge in [0.25, 0.3) is 5.91 Å². The van der Waals surface area contributed by atoms with Crippen LogP contribution in [0.25, 0.3) is 15.9 Å². The van der Waals surface area contributed by atoms with E-state index in [-0.39, 0.29) is 17.7 Å². The van der Waals surface area contributed by atoms with Gasteiger partial charge in [-0.2, -0.15) is 0 Å². The van der Waals surface area contributed by atoms with E-state index in [0.717, 1.165) is 27.2 Å². The number of pyridine rings is 1. The molecule has 0 atom stereocenters. The normalized spacial score (nSPS) is 15.4. The minimum atomic E-state index is -0.271. The maximum atomic E-state index is 13.3. The van der Waals surface area contributed by atoms with Crippen molar-refractivity contribution in [2.75, 3.05) is 13.1 Å². The van der Waals surface area contributed by atoms with Crippen LogP contribution in [-0.4, -0.2) is 39.4 Å². The molecular weight excluding hydrogens is 360 g/mol. The summed E-state index contributed by atoms with van der Waals surface area (Å²) < 4.78 is 1.99. The first-order valence-corrected chi connectivity index (χ1v) is 9.90. The molecule has 3 aromatic rings. The molecule has 1 aliphatic rings. The third kappa shape index (κ3) is 3.12. The van der Waals surface area contributed by atoms with Gasteiger partial charge >= 0.3 is 0 Å². The van der Waals surface area contributed by atoms with Gasteiger partial charge in [-0.1, -0.05) is 0 Å². The molecule has 1 fully saturated rings. The van der Waals surface area contributed by atoms with Gasteiger partial charge < -0.3 is 15.2 Å². The number of hydrogen-bond acceptors (Lipinski definition) is 4. The Hall–Kier alpha value is -2.67. The standard InChI is InChI=1S/C20H22N4O2S/c1-12-11-13(2)22-19-15(12)16(23-7-3-4-8-23)17(27-19)20(26)24-9-5-14(6-10-24)18(21)25/h3-4,7-8,11,14H,5-6,9-10H2,1-2H3,(H2,21,25). The fourth-order valence-electron chi connectivity index (χ4n) is 3.81. The number of fused-ring (bicyclic) bond motifs is 1. The summed E-state index contributed by atoms with van der Waals surface area (Å²) >= 11 is 1.44. The average Bonchev–Trinajstić information content (AvgIpc) is 3.28. The van der Waals surface area contributed by atoms with Gasteiger partial charge in [0.15, 0.2) is 0 Å². The lowest BCUT2D eigenvalue weighted by Gasteiger charge is -2.30. The average molecular weight is 382 g/mol. The van der Waals surface area contributed by atoms with Crippen molar-refractivity contribution in [1.82, 2.24) is 14.5 Å². The Kier molecular flexibility index (Phi) is 4.47. The highest BCUT2D eigenvalue weighted by Crippen LogP contribution is 2.37. The molecule has 2 N–H and O–H groups in total. The second-order valence-electron chi connectivity index (χ2n) is 7.10. The summed E-state index contributed by atoms with van der Waals surface area (Å²) in [5.41, 5.74) is 8.37. The summed E-state index contributed by atoms with van der Waals surface area (Å²) in [6.07, 6.45) is 5.16. The summed E-state index contributed by atoms with van der Waals surface area (Å²) in [5, 5.41) is 1.03. The highest BCUT2D eigenvalue weighted by molar-refractivity contribution is 7.21. The second kappa shape index (κ2) is 6.81. The molecule has 0 saturated carbocycles. The van der Waals surface area contributed by atoms with E-state index >= 15 is 0 Å². The highest BCUT2D eigenvalue weighted by Gasteiger charge is 2.30. The van der Waals surface area contributed by atoms with Crippen molar-refractivity contribution in [2.24, 2.45) is 11.7 Å². The number of aromatic nitrogens is 2. The van der Waals surface area contributed by atoms with Crippen molar-refractivity contribution in [3.63, 3.8) is 0 Å². The summed E-state index contributed by atoms with van der Waals surface area (Å²) in [5.74, 6) is -0.402. The van der Waals surface area contributed by atoms with Crippen LogP contribution < -0.4 is 5.73 Å². The molecule has 0 unspecified atom stereocenters. The van der Waals surface area contributed by atoms with Gasteiger partial charge in [-0.3, -0.25) is 9.59 Å². The quantitative estimate of drug-likeness (QED) is 0.756. The Labute approximate surface area is 161 Å². The number of nitrogens with zero attached hydrogens (tertiary/aromatic N) is 3. The smallest absolute Gasteiger partial charge is 0.266 e. The van der Waals surface area contributed by atoms with Crippen LogP contribution in [0.4, 0.5) is 0 Å². The Bertz CT molecular complexity index is 1010. The number of hydrogen-bond donors (Lipinski definition) is 1. The Morgan fingerprint density at radius 1 is 1.19 bits per heavy atom. The van der Waals surface area contributed by atoms with Crippen LogP contribution in [0.15, 0.2) is 30.6 Å². The summed E-state index contributed by atoms with van der Waals surface area (Å²) in [6, 6.07) is 5.95. The monoisotopic (exact) mass is 382 g/mol. The zero-order valence-electron chi connectivity index (χ0n) is 15.4. The maximum absolute atomic E-state index is 13.3. The number of amides is 2. The molecule has 0 radical (unpaired) electrons. The van der Waals surface area contributed by atoms with Gasteiger partial charge in [-0.05, 0) is 50.5 Å². The van der Waals surface area contributed by atoms with Crippen molar-refractivity contribution in [2.45, 2.75) is 26.7 Å².